The second kappa shape index (κ2) is 4.04. The SMILES string of the molecule is CN(CC1CC1)C(=O)c1cc(O)cc(O)c1. The maximum absolute atomic E-state index is 11.9. The van der Waals surface area contributed by atoms with E-state index in [2.05, 4.69) is 0 Å². The van der Waals surface area contributed by atoms with Crippen molar-refractivity contribution in [3.63, 3.8) is 0 Å². The van der Waals surface area contributed by atoms with E-state index in [1.54, 1.807) is 11.9 Å². The van der Waals surface area contributed by atoms with Crippen LogP contribution in [-0.2, 0) is 0 Å². The molecule has 0 aromatic heterocycles. The molecule has 1 amide bonds. The van der Waals surface area contributed by atoms with Crippen molar-refractivity contribution in [1.82, 2.24) is 4.90 Å². The average Bonchev–Trinajstić information content (AvgIpc) is 2.99. The maximum atomic E-state index is 11.9. The number of aromatic hydroxyl groups is 2. The number of phenolic OH excluding ortho intramolecular Hbond substituents is 2. The Morgan fingerprint density at radius 3 is 2.38 bits per heavy atom. The Morgan fingerprint density at radius 2 is 1.88 bits per heavy atom. The minimum absolute atomic E-state index is 0.0943. The third-order valence-corrected chi connectivity index (χ3v) is 2.73. The Labute approximate surface area is 94.1 Å². The number of amides is 1. The number of carbonyl (C=O) groups excluding carboxylic acids is 1. The number of hydrogen-bond donors (Lipinski definition) is 2. The van der Waals surface area contributed by atoms with Gasteiger partial charge in [0.05, 0.1) is 0 Å². The third kappa shape index (κ3) is 2.45. The molecule has 1 saturated carbocycles. The van der Waals surface area contributed by atoms with Crippen LogP contribution in [0.15, 0.2) is 18.2 Å². The van der Waals surface area contributed by atoms with Gasteiger partial charge in [-0.2, -0.15) is 0 Å². The van der Waals surface area contributed by atoms with Crippen molar-refractivity contribution in [3.8, 4) is 11.5 Å². The van der Waals surface area contributed by atoms with E-state index in [1.165, 1.54) is 31.0 Å². The third-order valence-electron chi connectivity index (χ3n) is 2.73. The molecule has 1 aliphatic rings. The smallest absolute Gasteiger partial charge is 0.253 e. The average molecular weight is 221 g/mol. The molecule has 1 aliphatic carbocycles. The summed E-state index contributed by atoms with van der Waals surface area (Å²) < 4.78 is 0. The van der Waals surface area contributed by atoms with Crippen molar-refractivity contribution in [1.29, 1.82) is 0 Å². The van der Waals surface area contributed by atoms with Gasteiger partial charge in [0.25, 0.3) is 5.91 Å². The molecule has 0 radical (unpaired) electrons. The zero-order chi connectivity index (χ0) is 11.7. The van der Waals surface area contributed by atoms with Crippen LogP contribution in [0, 0.1) is 5.92 Å². The van der Waals surface area contributed by atoms with E-state index in [9.17, 15) is 15.0 Å². The van der Waals surface area contributed by atoms with Crippen molar-refractivity contribution in [2.45, 2.75) is 12.8 Å². The topological polar surface area (TPSA) is 60.8 Å². The molecule has 4 nitrogen and oxygen atoms in total. The van der Waals surface area contributed by atoms with Gasteiger partial charge in [0.2, 0.25) is 0 Å². The first-order valence-corrected chi connectivity index (χ1v) is 5.35. The molecule has 0 unspecified atom stereocenters. The summed E-state index contributed by atoms with van der Waals surface area (Å²) in [5.41, 5.74) is 0.320. The Morgan fingerprint density at radius 1 is 1.31 bits per heavy atom. The summed E-state index contributed by atoms with van der Waals surface area (Å²) in [5, 5.41) is 18.6. The molecule has 1 aromatic carbocycles. The molecular formula is C12H15NO3. The second-order valence-corrected chi connectivity index (χ2v) is 4.37. The van der Waals surface area contributed by atoms with E-state index in [-0.39, 0.29) is 17.4 Å². The monoisotopic (exact) mass is 221 g/mol. The number of carbonyl (C=O) groups is 1. The molecule has 0 bridgehead atoms. The van der Waals surface area contributed by atoms with Crippen molar-refractivity contribution >= 4 is 5.91 Å². The fraction of sp³-hybridized carbons (Fsp3) is 0.417. The van der Waals surface area contributed by atoms with E-state index in [4.69, 9.17) is 0 Å². The highest BCUT2D eigenvalue weighted by molar-refractivity contribution is 5.94. The predicted molar refractivity (Wildman–Crippen MR) is 59.5 cm³/mol. The standard InChI is InChI=1S/C12H15NO3/c1-13(7-8-2-3-8)12(16)9-4-10(14)6-11(15)5-9/h4-6,8,14-15H,2-3,7H2,1H3. The van der Waals surface area contributed by atoms with Gasteiger partial charge in [0.15, 0.2) is 0 Å². The zero-order valence-electron chi connectivity index (χ0n) is 9.18. The van der Waals surface area contributed by atoms with Gasteiger partial charge in [-0.15, -0.1) is 0 Å². The van der Waals surface area contributed by atoms with Crippen molar-refractivity contribution in [3.05, 3.63) is 23.8 Å². The summed E-state index contributed by atoms with van der Waals surface area (Å²) in [4.78, 5) is 13.5. The summed E-state index contributed by atoms with van der Waals surface area (Å²) >= 11 is 0. The Bertz CT molecular complexity index is 392. The highest BCUT2D eigenvalue weighted by Crippen LogP contribution is 2.30. The first kappa shape index (κ1) is 10.8. The van der Waals surface area contributed by atoms with Gasteiger partial charge < -0.3 is 15.1 Å². The van der Waals surface area contributed by atoms with Crippen LogP contribution in [0.4, 0.5) is 0 Å². The van der Waals surface area contributed by atoms with Crippen molar-refractivity contribution < 1.29 is 15.0 Å². The normalized spacial score (nSPS) is 14.8. The maximum Gasteiger partial charge on any atom is 0.253 e. The molecule has 1 fully saturated rings. The summed E-state index contributed by atoms with van der Waals surface area (Å²) in [6, 6.07) is 3.94. The molecule has 16 heavy (non-hydrogen) atoms. The van der Waals surface area contributed by atoms with Gasteiger partial charge in [-0.3, -0.25) is 4.79 Å². The second-order valence-electron chi connectivity index (χ2n) is 4.37. The lowest BCUT2D eigenvalue weighted by Gasteiger charge is -2.16. The number of rotatable bonds is 3. The molecule has 0 atom stereocenters. The summed E-state index contributed by atoms with van der Waals surface area (Å²) in [6.45, 7) is 0.745. The van der Waals surface area contributed by atoms with Gasteiger partial charge in [-0.1, -0.05) is 0 Å². The van der Waals surface area contributed by atoms with Crippen LogP contribution in [0.25, 0.3) is 0 Å². The fourth-order valence-corrected chi connectivity index (χ4v) is 1.71. The van der Waals surface area contributed by atoms with Crippen LogP contribution in [0.1, 0.15) is 23.2 Å². The number of phenols is 2. The Kier molecular flexibility index (Phi) is 2.73. The Hall–Kier alpha value is -1.71. The van der Waals surface area contributed by atoms with Crippen LogP contribution in [-0.4, -0.2) is 34.6 Å². The van der Waals surface area contributed by atoms with E-state index >= 15 is 0 Å². The number of hydrogen-bond acceptors (Lipinski definition) is 3. The zero-order valence-corrected chi connectivity index (χ0v) is 9.18. The summed E-state index contributed by atoms with van der Waals surface area (Å²) in [6.07, 6.45) is 2.37. The van der Waals surface area contributed by atoms with E-state index in [0.29, 0.717) is 11.5 Å². The molecule has 0 saturated heterocycles. The first-order chi connectivity index (χ1) is 7.56. The lowest BCUT2D eigenvalue weighted by molar-refractivity contribution is 0.0788. The van der Waals surface area contributed by atoms with Gasteiger partial charge in [0.1, 0.15) is 11.5 Å². The summed E-state index contributed by atoms with van der Waals surface area (Å²) in [7, 11) is 1.74. The molecule has 1 aromatic rings. The molecule has 0 spiro atoms. The molecule has 86 valence electrons. The van der Waals surface area contributed by atoms with E-state index < -0.39 is 0 Å². The highest BCUT2D eigenvalue weighted by atomic mass is 16.3. The van der Waals surface area contributed by atoms with E-state index in [1.807, 2.05) is 0 Å². The van der Waals surface area contributed by atoms with Crippen LogP contribution in [0.3, 0.4) is 0 Å². The van der Waals surface area contributed by atoms with Gasteiger partial charge in [0, 0.05) is 25.2 Å². The quantitative estimate of drug-likeness (QED) is 0.814. The first-order valence-electron chi connectivity index (χ1n) is 5.35. The van der Waals surface area contributed by atoms with Gasteiger partial charge >= 0.3 is 0 Å². The number of nitrogens with zero attached hydrogens (tertiary/aromatic N) is 1. The summed E-state index contributed by atoms with van der Waals surface area (Å²) in [5.74, 6) is 0.268. The van der Waals surface area contributed by atoms with Crippen molar-refractivity contribution in [2.24, 2.45) is 5.92 Å². The molecule has 2 rings (SSSR count). The van der Waals surface area contributed by atoms with Crippen molar-refractivity contribution in [2.75, 3.05) is 13.6 Å². The van der Waals surface area contributed by atoms with Gasteiger partial charge in [-0.05, 0) is 30.9 Å². The largest absolute Gasteiger partial charge is 0.508 e. The van der Waals surface area contributed by atoms with Crippen LogP contribution >= 0.6 is 0 Å². The van der Waals surface area contributed by atoms with Crippen LogP contribution in [0.2, 0.25) is 0 Å². The Balaban J connectivity index is 2.12. The van der Waals surface area contributed by atoms with Crippen LogP contribution in [0.5, 0.6) is 11.5 Å². The van der Waals surface area contributed by atoms with Gasteiger partial charge in [-0.25, -0.2) is 0 Å². The number of benzene rings is 1. The lowest BCUT2D eigenvalue weighted by atomic mass is 10.1. The lowest BCUT2D eigenvalue weighted by Crippen LogP contribution is -2.28. The fourth-order valence-electron chi connectivity index (χ4n) is 1.71. The minimum Gasteiger partial charge on any atom is -0.508 e. The molecule has 2 N–H and O–H groups in total. The predicted octanol–water partition coefficient (Wildman–Crippen LogP) is 1.58. The van der Waals surface area contributed by atoms with Crippen LogP contribution < -0.4 is 0 Å². The molecular weight excluding hydrogens is 206 g/mol. The highest BCUT2D eigenvalue weighted by Gasteiger charge is 2.25. The minimum atomic E-state index is -0.168. The van der Waals surface area contributed by atoms with E-state index in [0.717, 1.165) is 6.54 Å². The molecule has 0 heterocycles. The molecule has 0 aliphatic heterocycles. The molecule has 4 heteroatoms.